The predicted molar refractivity (Wildman–Crippen MR) is 130 cm³/mol. The highest BCUT2D eigenvalue weighted by molar-refractivity contribution is 5.91. The van der Waals surface area contributed by atoms with E-state index in [-0.39, 0.29) is 17.7 Å². The van der Waals surface area contributed by atoms with Crippen LogP contribution in [0.4, 0.5) is 0 Å². The van der Waals surface area contributed by atoms with Gasteiger partial charge in [0.25, 0.3) is 5.91 Å². The molecule has 2 aromatic carbocycles. The van der Waals surface area contributed by atoms with Gasteiger partial charge in [0.2, 0.25) is 5.91 Å². The van der Waals surface area contributed by atoms with E-state index in [1.165, 1.54) is 11.1 Å². The highest BCUT2D eigenvalue weighted by Crippen LogP contribution is 2.23. The summed E-state index contributed by atoms with van der Waals surface area (Å²) < 4.78 is 1.73. The van der Waals surface area contributed by atoms with E-state index in [4.69, 9.17) is 0 Å². The molecule has 2 heterocycles. The molecule has 1 aliphatic rings. The van der Waals surface area contributed by atoms with Crippen LogP contribution in [0.25, 0.3) is 11.1 Å². The molecule has 0 spiro atoms. The van der Waals surface area contributed by atoms with E-state index in [9.17, 15) is 9.59 Å². The Bertz CT molecular complexity index is 1120. The van der Waals surface area contributed by atoms with Crippen LogP contribution in [-0.2, 0) is 18.3 Å². The fourth-order valence-corrected chi connectivity index (χ4v) is 4.53. The van der Waals surface area contributed by atoms with Gasteiger partial charge in [0.05, 0.1) is 5.92 Å². The van der Waals surface area contributed by atoms with Crippen molar-refractivity contribution >= 4 is 11.8 Å². The molecule has 0 N–H and O–H groups in total. The standard InChI is InChI=1S/C27H32N4O2/c1-4-13-30-15-16-31(27(33)25-28-12-14-29(25)3)19-24(26(30)32)18-21-8-10-22(11-9-21)23-7-5-6-20(2)17-23/h5-12,14,17,24H,4,13,15-16,18-19H2,1-3H3/t24-/m1/s1. The van der Waals surface area contributed by atoms with Crippen molar-refractivity contribution in [2.24, 2.45) is 13.0 Å². The quantitative estimate of drug-likeness (QED) is 0.579. The Labute approximate surface area is 195 Å². The first kappa shape index (κ1) is 22.8. The van der Waals surface area contributed by atoms with Crippen molar-refractivity contribution in [2.45, 2.75) is 26.7 Å². The summed E-state index contributed by atoms with van der Waals surface area (Å²) in [6.45, 7) is 6.38. The number of aromatic nitrogens is 2. The topological polar surface area (TPSA) is 58.4 Å². The monoisotopic (exact) mass is 444 g/mol. The van der Waals surface area contributed by atoms with Crippen molar-refractivity contribution in [2.75, 3.05) is 26.2 Å². The lowest BCUT2D eigenvalue weighted by Crippen LogP contribution is -2.38. The van der Waals surface area contributed by atoms with Gasteiger partial charge in [-0.2, -0.15) is 0 Å². The summed E-state index contributed by atoms with van der Waals surface area (Å²) >= 11 is 0. The maximum atomic E-state index is 13.4. The number of carbonyl (C=O) groups is 2. The summed E-state index contributed by atoms with van der Waals surface area (Å²) in [5, 5.41) is 0. The maximum absolute atomic E-state index is 13.4. The van der Waals surface area contributed by atoms with Crippen LogP contribution < -0.4 is 0 Å². The summed E-state index contributed by atoms with van der Waals surface area (Å²) in [6.07, 6.45) is 4.91. The fraction of sp³-hybridized carbons (Fsp3) is 0.370. The average molecular weight is 445 g/mol. The summed E-state index contributed by atoms with van der Waals surface area (Å²) in [5.41, 5.74) is 4.68. The second-order valence-corrected chi connectivity index (χ2v) is 8.91. The van der Waals surface area contributed by atoms with E-state index in [0.29, 0.717) is 38.4 Å². The molecule has 0 radical (unpaired) electrons. The summed E-state index contributed by atoms with van der Waals surface area (Å²) in [4.78, 5) is 34.4. The molecule has 172 valence electrons. The molecule has 0 aliphatic carbocycles. The van der Waals surface area contributed by atoms with Gasteiger partial charge in [-0.25, -0.2) is 4.98 Å². The molecule has 1 atom stereocenters. The average Bonchev–Trinajstić information content (AvgIpc) is 3.19. The molecule has 0 unspecified atom stereocenters. The van der Waals surface area contributed by atoms with Gasteiger partial charge in [-0.1, -0.05) is 61.0 Å². The van der Waals surface area contributed by atoms with Crippen molar-refractivity contribution in [1.82, 2.24) is 19.4 Å². The fourth-order valence-electron chi connectivity index (χ4n) is 4.53. The normalized spacial score (nSPS) is 16.7. The van der Waals surface area contributed by atoms with Crippen LogP contribution in [0.15, 0.2) is 60.9 Å². The Morgan fingerprint density at radius 1 is 1.09 bits per heavy atom. The summed E-state index contributed by atoms with van der Waals surface area (Å²) in [6, 6.07) is 16.9. The first-order valence-corrected chi connectivity index (χ1v) is 11.7. The number of imidazole rings is 1. The minimum absolute atomic E-state index is 0.117. The van der Waals surface area contributed by atoms with Crippen molar-refractivity contribution in [1.29, 1.82) is 0 Å². The minimum atomic E-state index is -0.270. The van der Waals surface area contributed by atoms with Crippen LogP contribution in [-0.4, -0.2) is 57.3 Å². The zero-order valence-electron chi connectivity index (χ0n) is 19.7. The van der Waals surface area contributed by atoms with Crippen molar-refractivity contribution in [3.05, 3.63) is 77.9 Å². The van der Waals surface area contributed by atoms with E-state index in [1.807, 2.05) is 11.9 Å². The molecule has 1 fully saturated rings. The number of hydrogen-bond donors (Lipinski definition) is 0. The van der Waals surface area contributed by atoms with Gasteiger partial charge in [0.1, 0.15) is 0 Å². The number of nitrogens with zero attached hydrogens (tertiary/aromatic N) is 4. The number of aryl methyl sites for hydroxylation is 2. The van der Waals surface area contributed by atoms with E-state index in [2.05, 4.69) is 67.4 Å². The van der Waals surface area contributed by atoms with Crippen molar-refractivity contribution in [3.63, 3.8) is 0 Å². The number of amides is 2. The van der Waals surface area contributed by atoms with Gasteiger partial charge in [-0.15, -0.1) is 0 Å². The van der Waals surface area contributed by atoms with E-state index < -0.39 is 0 Å². The highest BCUT2D eigenvalue weighted by atomic mass is 16.2. The Hall–Kier alpha value is -3.41. The molecular formula is C27H32N4O2. The predicted octanol–water partition coefficient (Wildman–Crippen LogP) is 3.95. The number of hydrogen-bond acceptors (Lipinski definition) is 3. The highest BCUT2D eigenvalue weighted by Gasteiger charge is 2.33. The van der Waals surface area contributed by atoms with Crippen molar-refractivity contribution < 1.29 is 9.59 Å². The zero-order chi connectivity index (χ0) is 23.4. The lowest BCUT2D eigenvalue weighted by molar-refractivity contribution is -0.134. The molecule has 4 rings (SSSR count). The lowest BCUT2D eigenvalue weighted by Gasteiger charge is -2.24. The number of rotatable bonds is 6. The third-order valence-corrected chi connectivity index (χ3v) is 6.32. The third-order valence-electron chi connectivity index (χ3n) is 6.32. The van der Waals surface area contributed by atoms with Crippen molar-refractivity contribution in [3.8, 4) is 11.1 Å². The van der Waals surface area contributed by atoms with Gasteiger partial charge in [0.15, 0.2) is 5.82 Å². The molecule has 1 aromatic heterocycles. The molecule has 1 saturated heterocycles. The number of benzene rings is 2. The molecule has 6 heteroatoms. The van der Waals surface area contributed by atoms with Crippen LogP contribution >= 0.6 is 0 Å². The maximum Gasteiger partial charge on any atom is 0.289 e. The summed E-state index contributed by atoms with van der Waals surface area (Å²) in [5.74, 6) is 0.156. The molecule has 33 heavy (non-hydrogen) atoms. The molecule has 2 amide bonds. The van der Waals surface area contributed by atoms with Gasteiger partial charge in [-0.3, -0.25) is 9.59 Å². The zero-order valence-corrected chi connectivity index (χ0v) is 19.7. The van der Waals surface area contributed by atoms with Crippen LogP contribution in [0.2, 0.25) is 0 Å². The molecule has 1 aliphatic heterocycles. The third kappa shape index (κ3) is 5.16. The van der Waals surface area contributed by atoms with Gasteiger partial charge in [0, 0.05) is 45.6 Å². The molecule has 6 nitrogen and oxygen atoms in total. The molecule has 0 bridgehead atoms. The smallest absolute Gasteiger partial charge is 0.289 e. The Morgan fingerprint density at radius 2 is 1.88 bits per heavy atom. The summed E-state index contributed by atoms with van der Waals surface area (Å²) in [7, 11) is 1.82. The molecular weight excluding hydrogens is 412 g/mol. The van der Waals surface area contributed by atoms with Gasteiger partial charge < -0.3 is 14.4 Å². The Kier molecular flexibility index (Phi) is 6.92. The Balaban J connectivity index is 1.54. The van der Waals surface area contributed by atoms with Gasteiger partial charge >= 0.3 is 0 Å². The van der Waals surface area contributed by atoms with Crippen LogP contribution in [0.5, 0.6) is 0 Å². The van der Waals surface area contributed by atoms with E-state index in [0.717, 1.165) is 17.5 Å². The first-order valence-electron chi connectivity index (χ1n) is 11.7. The van der Waals surface area contributed by atoms with Crippen LogP contribution in [0, 0.1) is 12.8 Å². The first-order chi connectivity index (χ1) is 16.0. The minimum Gasteiger partial charge on any atom is -0.341 e. The second kappa shape index (κ2) is 10.0. The largest absolute Gasteiger partial charge is 0.341 e. The lowest BCUT2D eigenvalue weighted by atomic mass is 9.95. The molecule has 0 saturated carbocycles. The van der Waals surface area contributed by atoms with Crippen LogP contribution in [0.3, 0.4) is 0 Å². The van der Waals surface area contributed by atoms with Gasteiger partial charge in [-0.05, 0) is 36.5 Å². The molecule has 3 aromatic rings. The van der Waals surface area contributed by atoms with Crippen LogP contribution in [0.1, 0.15) is 35.1 Å². The second-order valence-electron chi connectivity index (χ2n) is 8.91. The number of carbonyl (C=O) groups excluding carboxylic acids is 2. The van der Waals surface area contributed by atoms with E-state index in [1.54, 1.807) is 21.9 Å². The van der Waals surface area contributed by atoms with E-state index >= 15 is 0 Å². The SMILES string of the molecule is CCCN1CCN(C(=O)c2nccn2C)C[C@@H](Cc2ccc(-c3cccc(C)c3)cc2)C1=O. The Morgan fingerprint density at radius 3 is 2.55 bits per heavy atom.